The molecule has 1 saturated heterocycles. The monoisotopic (exact) mass is 548 g/mol. The van der Waals surface area contributed by atoms with Gasteiger partial charge in [-0.25, -0.2) is 8.78 Å². The van der Waals surface area contributed by atoms with Crippen molar-refractivity contribution in [3.05, 3.63) is 82.9 Å². The van der Waals surface area contributed by atoms with Crippen LogP contribution in [0.15, 0.2) is 54.6 Å². The Hall–Kier alpha value is -3.94. The van der Waals surface area contributed by atoms with Gasteiger partial charge in [-0.05, 0) is 67.0 Å². The van der Waals surface area contributed by atoms with Gasteiger partial charge in [0, 0.05) is 37.4 Å². The molecule has 0 unspecified atom stereocenters. The van der Waals surface area contributed by atoms with E-state index >= 15 is 8.78 Å². The summed E-state index contributed by atoms with van der Waals surface area (Å²) in [7, 11) is 1.37. The highest BCUT2D eigenvalue weighted by Crippen LogP contribution is 2.49. The summed E-state index contributed by atoms with van der Waals surface area (Å²) in [5, 5.41) is 5.69. The summed E-state index contributed by atoms with van der Waals surface area (Å²) in [5.41, 5.74) is 1.94. The minimum absolute atomic E-state index is 0.0165. The highest BCUT2D eigenvalue weighted by atomic mass is 19.1. The van der Waals surface area contributed by atoms with Crippen molar-refractivity contribution in [2.24, 2.45) is 0 Å². The number of ether oxygens (including phenoxy) is 2. The second-order valence-corrected chi connectivity index (χ2v) is 10.7. The molecule has 0 radical (unpaired) electrons. The molecule has 6 nitrogen and oxygen atoms in total. The zero-order valence-corrected chi connectivity index (χ0v) is 22.8. The Morgan fingerprint density at radius 2 is 1.88 bits per heavy atom. The third-order valence-corrected chi connectivity index (χ3v) is 7.71. The van der Waals surface area contributed by atoms with Gasteiger partial charge >= 0.3 is 0 Å². The predicted molar refractivity (Wildman–Crippen MR) is 148 cm³/mol. The van der Waals surface area contributed by atoms with Crippen molar-refractivity contribution in [3.63, 3.8) is 0 Å². The molecule has 1 aliphatic heterocycles. The summed E-state index contributed by atoms with van der Waals surface area (Å²) in [4.78, 5) is 23.8. The number of halogens is 2. The number of unbranched alkanes of at least 4 members (excludes halogenated alkanes) is 1. The van der Waals surface area contributed by atoms with E-state index in [0.29, 0.717) is 17.9 Å². The van der Waals surface area contributed by atoms with E-state index in [4.69, 9.17) is 9.47 Å². The van der Waals surface area contributed by atoms with E-state index in [1.54, 1.807) is 6.07 Å². The van der Waals surface area contributed by atoms with E-state index < -0.39 is 23.1 Å². The molecule has 2 aliphatic rings. The van der Waals surface area contributed by atoms with Crippen molar-refractivity contribution < 1.29 is 27.8 Å². The maximum Gasteiger partial charge on any atom is 0.220 e. The topological polar surface area (TPSA) is 76.7 Å². The highest BCUT2D eigenvalue weighted by molar-refractivity contribution is 5.81. The summed E-state index contributed by atoms with van der Waals surface area (Å²) < 4.78 is 42.9. The van der Waals surface area contributed by atoms with Gasteiger partial charge in [-0.2, -0.15) is 0 Å². The number of rotatable bonds is 11. The molecule has 0 bridgehead atoms. The van der Waals surface area contributed by atoms with Gasteiger partial charge in [0.1, 0.15) is 23.1 Å². The zero-order valence-electron chi connectivity index (χ0n) is 22.8. The Morgan fingerprint density at radius 1 is 1.10 bits per heavy atom. The van der Waals surface area contributed by atoms with Crippen LogP contribution in [0.2, 0.25) is 0 Å². The number of aryl methyl sites for hydroxylation is 1. The van der Waals surface area contributed by atoms with Crippen LogP contribution >= 0.6 is 0 Å². The molecular weight excluding hydrogens is 514 g/mol. The third kappa shape index (κ3) is 5.96. The van der Waals surface area contributed by atoms with E-state index in [2.05, 4.69) is 22.8 Å². The smallest absolute Gasteiger partial charge is 0.220 e. The fourth-order valence-electron chi connectivity index (χ4n) is 5.54. The lowest BCUT2D eigenvalue weighted by atomic mass is 9.90. The number of benzene rings is 3. The van der Waals surface area contributed by atoms with Gasteiger partial charge in [0.05, 0.1) is 24.8 Å². The van der Waals surface area contributed by atoms with E-state index in [0.717, 1.165) is 37.7 Å². The van der Waals surface area contributed by atoms with Crippen molar-refractivity contribution in [2.45, 2.75) is 56.9 Å². The van der Waals surface area contributed by atoms with E-state index in [-0.39, 0.29) is 41.7 Å². The first-order valence-electron chi connectivity index (χ1n) is 13.7. The first-order chi connectivity index (χ1) is 19.3. The molecule has 8 heteroatoms. The van der Waals surface area contributed by atoms with Gasteiger partial charge in [-0.3, -0.25) is 9.59 Å². The molecule has 0 aromatic heterocycles. The van der Waals surface area contributed by atoms with E-state index in [1.807, 2.05) is 30.3 Å². The average Bonchev–Trinajstić information content (AvgIpc) is 3.59. The van der Waals surface area contributed by atoms with Crippen LogP contribution in [0.25, 0.3) is 11.1 Å². The Bertz CT molecular complexity index is 1410. The number of carbonyl (C=O) groups is 2. The molecule has 5 rings (SSSR count). The SMILES string of the molecule is COc1cc(F)c([C@@H]2CNC(=O)C2)c(F)c1-c1cc(OCCCCc2ccccc2)cc(C2(NC(C)=O)CC2)c1. The van der Waals surface area contributed by atoms with Gasteiger partial charge in [0.15, 0.2) is 0 Å². The largest absolute Gasteiger partial charge is 0.496 e. The fraction of sp³-hybridized carbons (Fsp3) is 0.375. The van der Waals surface area contributed by atoms with E-state index in [1.165, 1.54) is 25.7 Å². The van der Waals surface area contributed by atoms with Crippen molar-refractivity contribution in [3.8, 4) is 22.6 Å². The Morgan fingerprint density at radius 3 is 2.52 bits per heavy atom. The van der Waals surface area contributed by atoms with Gasteiger partial charge in [0.25, 0.3) is 0 Å². The second-order valence-electron chi connectivity index (χ2n) is 10.7. The molecule has 2 fully saturated rings. The molecule has 2 N–H and O–H groups in total. The van der Waals surface area contributed by atoms with Crippen LogP contribution in [-0.2, 0) is 21.5 Å². The summed E-state index contributed by atoms with van der Waals surface area (Å²) in [6.07, 6.45) is 4.23. The van der Waals surface area contributed by atoms with Crippen molar-refractivity contribution in [2.75, 3.05) is 20.3 Å². The Balaban J connectivity index is 1.47. The first-order valence-corrected chi connectivity index (χ1v) is 13.7. The lowest BCUT2D eigenvalue weighted by Crippen LogP contribution is -2.32. The van der Waals surface area contributed by atoms with Gasteiger partial charge in [0.2, 0.25) is 11.8 Å². The molecule has 2 amide bonds. The lowest BCUT2D eigenvalue weighted by Gasteiger charge is -2.22. The summed E-state index contributed by atoms with van der Waals surface area (Å²) in [5.74, 6) is -1.93. The van der Waals surface area contributed by atoms with Crippen LogP contribution in [-0.4, -0.2) is 32.1 Å². The highest BCUT2D eigenvalue weighted by Gasteiger charge is 2.45. The molecule has 210 valence electrons. The van der Waals surface area contributed by atoms with Crippen LogP contribution < -0.4 is 20.1 Å². The number of nitrogens with one attached hydrogen (secondary N) is 2. The van der Waals surface area contributed by atoms with Gasteiger partial charge in [-0.1, -0.05) is 30.3 Å². The molecule has 3 aromatic rings. The lowest BCUT2D eigenvalue weighted by molar-refractivity contribution is -0.120. The maximum absolute atomic E-state index is 16.2. The molecular formula is C32H34F2N2O4. The standard InChI is InChI=1S/C32H34F2N2O4/c1-20(37)36-32(11-12-32)24-14-22(15-25(17-24)40-13-7-6-10-21-8-4-3-5-9-21)30-27(39-2)18-26(33)29(31(30)34)23-16-28(38)35-19-23/h3-5,8-9,14-15,17-18,23H,6-7,10-13,16,19H2,1-2H3,(H,35,38)(H,36,37)/t23-/m0/s1. The molecule has 1 atom stereocenters. The number of carbonyl (C=O) groups excluding carboxylic acids is 2. The van der Waals surface area contributed by atoms with Crippen molar-refractivity contribution in [1.29, 1.82) is 0 Å². The normalized spacial score (nSPS) is 17.3. The quantitative estimate of drug-likeness (QED) is 0.298. The van der Waals surface area contributed by atoms with Crippen LogP contribution in [0.1, 0.15) is 61.6 Å². The molecule has 1 saturated carbocycles. The second kappa shape index (κ2) is 11.7. The van der Waals surface area contributed by atoms with Crippen molar-refractivity contribution >= 4 is 11.8 Å². The number of hydrogen-bond donors (Lipinski definition) is 2. The van der Waals surface area contributed by atoms with Crippen LogP contribution in [0.4, 0.5) is 8.78 Å². The number of methoxy groups -OCH3 is 1. The molecule has 1 heterocycles. The molecule has 3 aromatic carbocycles. The number of amides is 2. The predicted octanol–water partition coefficient (Wildman–Crippen LogP) is 5.77. The van der Waals surface area contributed by atoms with Gasteiger partial charge in [-0.15, -0.1) is 0 Å². The third-order valence-electron chi connectivity index (χ3n) is 7.71. The van der Waals surface area contributed by atoms with Crippen LogP contribution in [0.3, 0.4) is 0 Å². The summed E-state index contributed by atoms with van der Waals surface area (Å²) in [6.45, 7) is 2.11. The van der Waals surface area contributed by atoms with Crippen LogP contribution in [0.5, 0.6) is 11.5 Å². The van der Waals surface area contributed by atoms with Crippen LogP contribution in [0, 0.1) is 11.6 Å². The molecule has 1 aliphatic carbocycles. The Kier molecular flexibility index (Phi) is 8.05. The molecule has 40 heavy (non-hydrogen) atoms. The summed E-state index contributed by atoms with van der Waals surface area (Å²) in [6, 6.07) is 16.8. The first kappa shape index (κ1) is 27.6. The zero-order chi connectivity index (χ0) is 28.3. The molecule has 0 spiro atoms. The Labute approximate surface area is 233 Å². The minimum Gasteiger partial charge on any atom is -0.496 e. The maximum atomic E-state index is 16.2. The average molecular weight is 549 g/mol. The number of hydrogen-bond acceptors (Lipinski definition) is 4. The minimum atomic E-state index is -0.756. The van der Waals surface area contributed by atoms with Gasteiger partial charge < -0.3 is 20.1 Å². The fourth-order valence-corrected chi connectivity index (χ4v) is 5.54. The van der Waals surface area contributed by atoms with E-state index in [9.17, 15) is 9.59 Å². The van der Waals surface area contributed by atoms with Crippen molar-refractivity contribution in [1.82, 2.24) is 10.6 Å². The summed E-state index contributed by atoms with van der Waals surface area (Å²) >= 11 is 0.